The Kier molecular flexibility index (Phi) is 4.62. The van der Waals surface area contributed by atoms with E-state index in [9.17, 15) is 4.79 Å². The standard InChI is InChI=1S/C19H19NO3/c21-19(22)7-4-12-23-17-8-9-18-16(13-17)10-11-20(18)14-15-5-2-1-3-6-15/h1-3,5-6,8-11,13H,4,7,12,14H2,(H,21,22). The summed E-state index contributed by atoms with van der Waals surface area (Å²) in [6.45, 7) is 1.26. The lowest BCUT2D eigenvalue weighted by Gasteiger charge is -2.08. The topological polar surface area (TPSA) is 51.5 Å². The predicted molar refractivity (Wildman–Crippen MR) is 89.8 cm³/mol. The van der Waals surface area contributed by atoms with Gasteiger partial charge >= 0.3 is 5.97 Å². The number of aliphatic carboxylic acids is 1. The fraction of sp³-hybridized carbons (Fsp3) is 0.211. The Balaban J connectivity index is 1.69. The highest BCUT2D eigenvalue weighted by molar-refractivity contribution is 5.81. The Morgan fingerprint density at radius 3 is 2.70 bits per heavy atom. The summed E-state index contributed by atoms with van der Waals surface area (Å²) in [6.07, 6.45) is 2.73. The Hall–Kier alpha value is -2.75. The lowest BCUT2D eigenvalue weighted by Crippen LogP contribution is -2.02. The smallest absolute Gasteiger partial charge is 0.303 e. The predicted octanol–water partition coefficient (Wildman–Crippen LogP) is 3.93. The van der Waals surface area contributed by atoms with Crippen LogP contribution in [0.1, 0.15) is 18.4 Å². The normalized spacial score (nSPS) is 10.8. The van der Waals surface area contributed by atoms with E-state index in [1.807, 2.05) is 36.4 Å². The SMILES string of the molecule is O=C(O)CCCOc1ccc2c(ccn2Cc2ccccc2)c1. The maximum atomic E-state index is 10.5. The van der Waals surface area contributed by atoms with Crippen LogP contribution in [-0.2, 0) is 11.3 Å². The van der Waals surface area contributed by atoms with Crippen molar-refractivity contribution in [2.75, 3.05) is 6.61 Å². The van der Waals surface area contributed by atoms with Crippen molar-refractivity contribution in [3.8, 4) is 5.75 Å². The van der Waals surface area contributed by atoms with Crippen LogP contribution < -0.4 is 4.74 Å². The fourth-order valence-electron chi connectivity index (χ4n) is 2.60. The van der Waals surface area contributed by atoms with Gasteiger partial charge in [0.25, 0.3) is 0 Å². The summed E-state index contributed by atoms with van der Waals surface area (Å²) in [5, 5.41) is 9.74. The maximum Gasteiger partial charge on any atom is 0.303 e. The third kappa shape index (κ3) is 3.92. The van der Waals surface area contributed by atoms with Crippen LogP contribution in [0.15, 0.2) is 60.8 Å². The van der Waals surface area contributed by atoms with Gasteiger partial charge in [-0.25, -0.2) is 0 Å². The van der Waals surface area contributed by atoms with E-state index in [1.54, 1.807) is 0 Å². The van der Waals surface area contributed by atoms with Crippen LogP contribution in [0.25, 0.3) is 10.9 Å². The molecule has 2 aromatic carbocycles. The molecule has 0 unspecified atom stereocenters. The molecule has 0 fully saturated rings. The van der Waals surface area contributed by atoms with E-state index in [-0.39, 0.29) is 6.42 Å². The third-order valence-electron chi connectivity index (χ3n) is 3.74. The van der Waals surface area contributed by atoms with Gasteiger partial charge in [0.1, 0.15) is 5.75 Å². The lowest BCUT2D eigenvalue weighted by atomic mass is 10.2. The van der Waals surface area contributed by atoms with E-state index in [0.29, 0.717) is 13.0 Å². The van der Waals surface area contributed by atoms with Crippen molar-refractivity contribution >= 4 is 16.9 Å². The number of nitrogens with zero attached hydrogens (tertiary/aromatic N) is 1. The van der Waals surface area contributed by atoms with Crippen molar-refractivity contribution in [1.29, 1.82) is 0 Å². The minimum absolute atomic E-state index is 0.135. The number of carboxylic acids is 1. The van der Waals surface area contributed by atoms with Gasteiger partial charge in [-0.15, -0.1) is 0 Å². The Morgan fingerprint density at radius 2 is 1.91 bits per heavy atom. The number of carboxylic acid groups (broad SMARTS) is 1. The van der Waals surface area contributed by atoms with Crippen molar-refractivity contribution in [1.82, 2.24) is 4.57 Å². The molecule has 0 radical (unpaired) electrons. The first-order valence-electron chi connectivity index (χ1n) is 7.70. The number of hydrogen-bond acceptors (Lipinski definition) is 2. The molecule has 4 nitrogen and oxygen atoms in total. The molecule has 4 heteroatoms. The summed E-state index contributed by atoms with van der Waals surface area (Å²) < 4.78 is 7.83. The second kappa shape index (κ2) is 7.01. The van der Waals surface area contributed by atoms with Crippen molar-refractivity contribution in [3.05, 3.63) is 66.4 Å². The number of carbonyl (C=O) groups is 1. The molecular weight excluding hydrogens is 290 g/mol. The van der Waals surface area contributed by atoms with Crippen LogP contribution in [0.2, 0.25) is 0 Å². The Morgan fingerprint density at radius 1 is 1.09 bits per heavy atom. The molecule has 0 aliphatic carbocycles. The number of hydrogen-bond donors (Lipinski definition) is 1. The number of ether oxygens (including phenoxy) is 1. The summed E-state index contributed by atoms with van der Waals surface area (Å²) in [4.78, 5) is 10.5. The molecule has 0 amide bonds. The summed E-state index contributed by atoms with van der Waals surface area (Å²) >= 11 is 0. The molecular formula is C19H19NO3. The zero-order valence-electron chi connectivity index (χ0n) is 12.8. The molecule has 0 saturated heterocycles. The monoisotopic (exact) mass is 309 g/mol. The van der Waals surface area contributed by atoms with E-state index >= 15 is 0 Å². The van der Waals surface area contributed by atoms with Gasteiger partial charge in [0.05, 0.1) is 6.61 Å². The Bertz CT molecular complexity index is 793. The summed E-state index contributed by atoms with van der Waals surface area (Å²) in [7, 11) is 0. The van der Waals surface area contributed by atoms with E-state index in [1.165, 1.54) is 5.56 Å². The first-order chi connectivity index (χ1) is 11.2. The fourth-order valence-corrected chi connectivity index (χ4v) is 2.60. The molecule has 0 bridgehead atoms. The van der Waals surface area contributed by atoms with E-state index in [4.69, 9.17) is 9.84 Å². The van der Waals surface area contributed by atoms with Crippen LogP contribution in [-0.4, -0.2) is 22.2 Å². The summed E-state index contributed by atoms with van der Waals surface area (Å²) in [6, 6.07) is 18.4. The van der Waals surface area contributed by atoms with Gasteiger partial charge in [0.2, 0.25) is 0 Å². The maximum absolute atomic E-state index is 10.5. The van der Waals surface area contributed by atoms with Crippen molar-refractivity contribution < 1.29 is 14.6 Å². The summed E-state index contributed by atoms with van der Waals surface area (Å²) in [5.74, 6) is -0.0117. The van der Waals surface area contributed by atoms with Gasteiger partial charge in [0.15, 0.2) is 0 Å². The average molecular weight is 309 g/mol. The number of benzene rings is 2. The zero-order chi connectivity index (χ0) is 16.1. The van der Waals surface area contributed by atoms with E-state index in [0.717, 1.165) is 23.2 Å². The quantitative estimate of drug-likeness (QED) is 0.673. The van der Waals surface area contributed by atoms with Gasteiger partial charge in [-0.05, 0) is 36.2 Å². The van der Waals surface area contributed by atoms with E-state index < -0.39 is 5.97 Å². The van der Waals surface area contributed by atoms with Gasteiger partial charge in [0, 0.05) is 30.1 Å². The molecule has 0 saturated carbocycles. The first kappa shape index (κ1) is 15.2. The van der Waals surface area contributed by atoms with E-state index in [2.05, 4.69) is 29.0 Å². The Labute approximate surface area is 134 Å². The number of aromatic nitrogens is 1. The molecule has 118 valence electrons. The minimum Gasteiger partial charge on any atom is -0.494 e. The molecule has 23 heavy (non-hydrogen) atoms. The van der Waals surface area contributed by atoms with Crippen LogP contribution in [0, 0.1) is 0 Å². The van der Waals surface area contributed by atoms with Crippen LogP contribution in [0.4, 0.5) is 0 Å². The van der Waals surface area contributed by atoms with Gasteiger partial charge in [-0.2, -0.15) is 0 Å². The van der Waals surface area contributed by atoms with Crippen molar-refractivity contribution in [2.45, 2.75) is 19.4 Å². The highest BCUT2D eigenvalue weighted by Crippen LogP contribution is 2.23. The second-order valence-corrected chi connectivity index (χ2v) is 5.50. The molecule has 1 aromatic heterocycles. The third-order valence-corrected chi connectivity index (χ3v) is 3.74. The first-order valence-corrected chi connectivity index (χ1v) is 7.70. The molecule has 0 spiro atoms. The molecule has 0 aliphatic heterocycles. The molecule has 1 N–H and O–H groups in total. The second-order valence-electron chi connectivity index (χ2n) is 5.50. The van der Waals surface area contributed by atoms with Gasteiger partial charge in [-0.3, -0.25) is 4.79 Å². The van der Waals surface area contributed by atoms with Crippen molar-refractivity contribution in [2.24, 2.45) is 0 Å². The lowest BCUT2D eigenvalue weighted by molar-refractivity contribution is -0.137. The number of rotatable bonds is 7. The highest BCUT2D eigenvalue weighted by Gasteiger charge is 2.04. The summed E-state index contributed by atoms with van der Waals surface area (Å²) in [5.41, 5.74) is 2.42. The minimum atomic E-state index is -0.790. The zero-order valence-corrected chi connectivity index (χ0v) is 12.8. The van der Waals surface area contributed by atoms with Crippen LogP contribution in [0.3, 0.4) is 0 Å². The number of fused-ring (bicyclic) bond motifs is 1. The largest absolute Gasteiger partial charge is 0.494 e. The van der Waals surface area contributed by atoms with Gasteiger partial charge < -0.3 is 14.4 Å². The molecule has 0 atom stereocenters. The average Bonchev–Trinajstić information content (AvgIpc) is 2.95. The van der Waals surface area contributed by atoms with Crippen LogP contribution in [0.5, 0.6) is 5.75 Å². The molecule has 3 rings (SSSR count). The molecule has 0 aliphatic rings. The molecule has 1 heterocycles. The van der Waals surface area contributed by atoms with Crippen molar-refractivity contribution in [3.63, 3.8) is 0 Å². The van der Waals surface area contributed by atoms with Gasteiger partial charge in [-0.1, -0.05) is 30.3 Å². The highest BCUT2D eigenvalue weighted by atomic mass is 16.5. The van der Waals surface area contributed by atoms with Crippen LogP contribution >= 0.6 is 0 Å². The molecule has 3 aromatic rings.